The number of thioether (sulfide) groups is 1. The molecule has 5 aliphatic heterocycles. The molecule has 0 aromatic heterocycles. The molecule has 9 nitrogen and oxygen atoms in total. The third kappa shape index (κ3) is 4.41. The van der Waals surface area contributed by atoms with Crippen LogP contribution in [-0.4, -0.2) is 130 Å². The molecule has 1 unspecified atom stereocenters. The Morgan fingerprint density at radius 1 is 0.974 bits per heavy atom. The molecule has 6 atom stereocenters. The van der Waals surface area contributed by atoms with Gasteiger partial charge in [0.2, 0.25) is 17.7 Å². The lowest BCUT2D eigenvalue weighted by Crippen LogP contribution is -2.57. The number of fused-ring (bicyclic) bond motifs is 2. The average molecular weight is 547 g/mol. The second-order valence-corrected chi connectivity index (χ2v) is 13.1. The van der Waals surface area contributed by atoms with E-state index >= 15 is 0 Å². The summed E-state index contributed by atoms with van der Waals surface area (Å²) in [5, 5.41) is 10.3. The van der Waals surface area contributed by atoms with E-state index in [4.69, 9.17) is 4.74 Å². The number of carbonyl (C=O) groups is 3. The van der Waals surface area contributed by atoms with Gasteiger partial charge in [0.25, 0.3) is 0 Å². The Morgan fingerprint density at radius 3 is 2.32 bits per heavy atom. The minimum absolute atomic E-state index is 0.00556. The van der Waals surface area contributed by atoms with Crippen LogP contribution < -0.4 is 0 Å². The SMILES string of the molecule is CCCN1CC=C[C@@]2(C)S[C@]34C=CCN(CCN5CCOCC5)C(=O)C3N([C@@H](CC)CO)C(=O)[C@@H]4[C@H]2C1=O. The predicted octanol–water partition coefficient (Wildman–Crippen LogP) is 0.984. The summed E-state index contributed by atoms with van der Waals surface area (Å²) in [6.07, 6.45) is 9.62. The largest absolute Gasteiger partial charge is 0.394 e. The van der Waals surface area contributed by atoms with Gasteiger partial charge in [-0.2, -0.15) is 0 Å². The molecule has 1 N–H and O–H groups in total. The first-order chi connectivity index (χ1) is 18.3. The van der Waals surface area contributed by atoms with Crippen molar-refractivity contribution < 1.29 is 24.2 Å². The van der Waals surface area contributed by atoms with E-state index in [1.54, 1.807) is 16.7 Å². The topological polar surface area (TPSA) is 93.6 Å². The lowest BCUT2D eigenvalue weighted by molar-refractivity contribution is -0.147. The third-order valence-corrected chi connectivity index (χ3v) is 10.8. The Morgan fingerprint density at radius 2 is 1.66 bits per heavy atom. The molecule has 0 bridgehead atoms. The van der Waals surface area contributed by atoms with Gasteiger partial charge in [-0.1, -0.05) is 38.2 Å². The van der Waals surface area contributed by atoms with Gasteiger partial charge in [0, 0.05) is 50.6 Å². The van der Waals surface area contributed by atoms with Crippen LogP contribution >= 0.6 is 11.8 Å². The van der Waals surface area contributed by atoms with Crippen molar-refractivity contribution in [1.82, 2.24) is 19.6 Å². The van der Waals surface area contributed by atoms with Crippen LogP contribution in [0, 0.1) is 11.8 Å². The summed E-state index contributed by atoms with van der Waals surface area (Å²) in [6, 6.07) is -1.23. The molecule has 3 amide bonds. The summed E-state index contributed by atoms with van der Waals surface area (Å²) in [4.78, 5) is 50.5. The molecule has 10 heteroatoms. The first-order valence-corrected chi connectivity index (χ1v) is 15.0. The molecule has 0 aliphatic carbocycles. The van der Waals surface area contributed by atoms with Crippen LogP contribution in [0.2, 0.25) is 0 Å². The molecule has 0 aromatic carbocycles. The smallest absolute Gasteiger partial charge is 0.247 e. The highest BCUT2D eigenvalue weighted by molar-refractivity contribution is 8.02. The van der Waals surface area contributed by atoms with Crippen LogP contribution in [0.5, 0.6) is 0 Å². The van der Waals surface area contributed by atoms with E-state index in [0.717, 1.165) is 26.1 Å². The standard InChI is InChI=1S/C28H42N4O5S/c1-4-10-30-11-6-8-27(3)21(24(30)34)22-25(35)32(20(5-2)19-33)23-26(36)31(12-7-9-28(22,23)38-27)14-13-29-15-17-37-18-16-29/h6-9,20-23,33H,4-5,10-19H2,1-3H3/t20-,21-,22-,23?,27+,28-/m0/s1. The zero-order chi connectivity index (χ0) is 27.1. The van der Waals surface area contributed by atoms with E-state index in [1.165, 1.54) is 0 Å². The Balaban J connectivity index is 1.53. The summed E-state index contributed by atoms with van der Waals surface area (Å²) < 4.78 is 4.01. The maximum absolute atomic E-state index is 14.4. The number of morpholine rings is 1. The van der Waals surface area contributed by atoms with Crippen molar-refractivity contribution in [3.8, 4) is 0 Å². The Labute approximate surface area is 230 Å². The summed E-state index contributed by atoms with van der Waals surface area (Å²) in [5.74, 6) is -1.48. The highest BCUT2D eigenvalue weighted by atomic mass is 32.2. The van der Waals surface area contributed by atoms with E-state index in [0.29, 0.717) is 45.8 Å². The van der Waals surface area contributed by atoms with E-state index in [9.17, 15) is 19.5 Å². The monoisotopic (exact) mass is 546 g/mol. The molecule has 1 spiro atoms. The van der Waals surface area contributed by atoms with E-state index in [1.807, 2.05) is 22.8 Å². The number of nitrogens with zero attached hydrogens (tertiary/aromatic N) is 4. The molecule has 3 fully saturated rings. The van der Waals surface area contributed by atoms with Gasteiger partial charge in [0.15, 0.2) is 0 Å². The number of likely N-dealkylation sites (tertiary alicyclic amines) is 1. The molecule has 210 valence electrons. The number of amides is 3. The predicted molar refractivity (Wildman–Crippen MR) is 146 cm³/mol. The summed E-state index contributed by atoms with van der Waals surface area (Å²) in [6.45, 7) is 11.9. The lowest BCUT2D eigenvalue weighted by atomic mass is 9.74. The summed E-state index contributed by atoms with van der Waals surface area (Å²) in [7, 11) is 0. The van der Waals surface area contributed by atoms with E-state index in [-0.39, 0.29) is 24.3 Å². The van der Waals surface area contributed by atoms with E-state index in [2.05, 4.69) is 37.0 Å². The maximum Gasteiger partial charge on any atom is 0.247 e. The molecule has 3 saturated heterocycles. The van der Waals surface area contributed by atoms with Crippen LogP contribution in [0.25, 0.3) is 0 Å². The van der Waals surface area contributed by atoms with Crippen LogP contribution in [0.15, 0.2) is 24.3 Å². The molecule has 38 heavy (non-hydrogen) atoms. The molecular formula is C28H42N4O5S. The minimum Gasteiger partial charge on any atom is -0.394 e. The van der Waals surface area contributed by atoms with Crippen molar-refractivity contribution >= 4 is 29.5 Å². The quantitative estimate of drug-likeness (QED) is 0.454. The van der Waals surface area contributed by atoms with Crippen molar-refractivity contribution in [3.05, 3.63) is 24.3 Å². The third-order valence-electron chi connectivity index (χ3n) is 9.02. The van der Waals surface area contributed by atoms with Gasteiger partial charge in [-0.05, 0) is 19.8 Å². The second-order valence-electron chi connectivity index (χ2n) is 11.3. The summed E-state index contributed by atoms with van der Waals surface area (Å²) in [5.41, 5.74) is 0. The van der Waals surface area contributed by atoms with Gasteiger partial charge in [-0.15, -0.1) is 11.8 Å². The van der Waals surface area contributed by atoms with Crippen molar-refractivity contribution in [2.24, 2.45) is 11.8 Å². The molecule has 5 aliphatic rings. The van der Waals surface area contributed by atoms with Crippen molar-refractivity contribution in [2.45, 2.75) is 55.2 Å². The molecule has 5 rings (SSSR count). The maximum atomic E-state index is 14.4. The van der Waals surface area contributed by atoms with Gasteiger partial charge in [0.1, 0.15) is 6.04 Å². The first-order valence-electron chi connectivity index (χ1n) is 14.2. The zero-order valence-corrected chi connectivity index (χ0v) is 23.7. The fourth-order valence-electron chi connectivity index (χ4n) is 7.12. The fraction of sp³-hybridized carbons (Fsp3) is 0.750. The Hall–Kier alpha value is -1.88. The Kier molecular flexibility index (Phi) is 7.97. The highest BCUT2D eigenvalue weighted by Gasteiger charge is 2.74. The van der Waals surface area contributed by atoms with E-state index < -0.39 is 33.4 Å². The normalized spacial score (nSPS) is 36.3. The number of aliphatic hydroxyl groups excluding tert-OH is 1. The molecule has 0 aromatic rings. The Bertz CT molecular complexity index is 996. The number of ether oxygens (including phenoxy) is 1. The molecule has 0 saturated carbocycles. The van der Waals surface area contributed by atoms with Crippen LogP contribution in [-0.2, 0) is 19.1 Å². The first kappa shape index (κ1) is 27.7. The molecule has 0 radical (unpaired) electrons. The summed E-state index contributed by atoms with van der Waals surface area (Å²) >= 11 is 1.61. The average Bonchev–Trinajstić information content (AvgIpc) is 3.19. The number of hydrogen-bond donors (Lipinski definition) is 1. The van der Waals surface area contributed by atoms with Crippen LogP contribution in [0.3, 0.4) is 0 Å². The minimum atomic E-state index is -0.862. The highest BCUT2D eigenvalue weighted by Crippen LogP contribution is 2.65. The van der Waals surface area contributed by atoms with Crippen LogP contribution in [0.4, 0.5) is 0 Å². The van der Waals surface area contributed by atoms with Gasteiger partial charge in [-0.25, -0.2) is 0 Å². The van der Waals surface area contributed by atoms with Gasteiger partial charge >= 0.3 is 0 Å². The van der Waals surface area contributed by atoms with Gasteiger partial charge < -0.3 is 24.5 Å². The van der Waals surface area contributed by atoms with Crippen molar-refractivity contribution in [3.63, 3.8) is 0 Å². The van der Waals surface area contributed by atoms with Crippen LogP contribution in [0.1, 0.15) is 33.6 Å². The lowest BCUT2D eigenvalue weighted by Gasteiger charge is -2.40. The van der Waals surface area contributed by atoms with Crippen molar-refractivity contribution in [1.29, 1.82) is 0 Å². The van der Waals surface area contributed by atoms with Gasteiger partial charge in [0.05, 0.1) is 42.4 Å². The van der Waals surface area contributed by atoms with Gasteiger partial charge in [-0.3, -0.25) is 19.3 Å². The number of rotatable bonds is 8. The van der Waals surface area contributed by atoms with Crippen molar-refractivity contribution in [2.75, 3.05) is 65.6 Å². The number of carbonyl (C=O) groups excluding carboxylic acids is 3. The number of aliphatic hydroxyl groups is 1. The molecule has 5 heterocycles. The molecular weight excluding hydrogens is 504 g/mol. The second kappa shape index (κ2) is 10.9. The zero-order valence-electron chi connectivity index (χ0n) is 22.9. The number of hydrogen-bond acceptors (Lipinski definition) is 7. The fourth-order valence-corrected chi connectivity index (χ4v) is 9.27.